The van der Waals surface area contributed by atoms with E-state index in [4.69, 9.17) is 10.5 Å². The minimum Gasteiger partial charge on any atom is -0.399 e. The van der Waals surface area contributed by atoms with Gasteiger partial charge in [-0.2, -0.15) is 0 Å². The van der Waals surface area contributed by atoms with Gasteiger partial charge in [-0.3, -0.25) is 4.79 Å². The quantitative estimate of drug-likeness (QED) is 0.502. The molecule has 0 heterocycles. The minimum absolute atomic E-state index is 0.0141. The fourth-order valence-electron chi connectivity index (χ4n) is 1.62. The Hall–Kier alpha value is -1.75. The van der Waals surface area contributed by atoms with Crippen LogP contribution in [-0.2, 0) is 9.53 Å². The summed E-state index contributed by atoms with van der Waals surface area (Å²) in [5.41, 5.74) is 8.50. The number of carbonyl (C=O) groups is 1. The lowest BCUT2D eigenvalue weighted by atomic mass is 10.2. The molecule has 0 saturated carbocycles. The van der Waals surface area contributed by atoms with Crippen LogP contribution < -0.4 is 16.4 Å². The number of ether oxygens (including phenoxy) is 1. The van der Waals surface area contributed by atoms with Crippen molar-refractivity contribution >= 4 is 17.3 Å². The number of carbonyl (C=O) groups excluding carboxylic acids is 1. The molecule has 0 bridgehead atoms. The summed E-state index contributed by atoms with van der Waals surface area (Å²) in [6.45, 7) is 3.65. The lowest BCUT2D eigenvalue weighted by Crippen LogP contribution is -2.28. The molecule has 0 aliphatic rings. The van der Waals surface area contributed by atoms with E-state index in [0.717, 1.165) is 16.9 Å². The van der Waals surface area contributed by atoms with Gasteiger partial charge in [-0.1, -0.05) is 0 Å². The zero-order valence-electron chi connectivity index (χ0n) is 11.0. The standard InChI is InChI=1S/C13H21N3O2/c1-10-7-11(14)9-12(8-10)15-4-3-13(17)16-5-6-18-2/h7-9,15H,3-6,14H2,1-2H3,(H,16,17). The molecular weight excluding hydrogens is 230 g/mol. The Morgan fingerprint density at radius 1 is 1.33 bits per heavy atom. The molecule has 0 radical (unpaired) electrons. The number of hydrogen-bond acceptors (Lipinski definition) is 4. The molecular formula is C13H21N3O2. The van der Waals surface area contributed by atoms with Gasteiger partial charge in [-0.15, -0.1) is 0 Å². The maximum atomic E-state index is 11.4. The first-order chi connectivity index (χ1) is 8.61. The van der Waals surface area contributed by atoms with Crippen molar-refractivity contribution in [3.8, 4) is 0 Å². The average Bonchev–Trinajstić information content (AvgIpc) is 2.28. The fraction of sp³-hybridized carbons (Fsp3) is 0.462. The van der Waals surface area contributed by atoms with Crippen LogP contribution in [0.5, 0.6) is 0 Å². The predicted octanol–water partition coefficient (Wildman–Crippen LogP) is 1.14. The molecule has 0 spiro atoms. The molecule has 4 N–H and O–H groups in total. The first-order valence-corrected chi connectivity index (χ1v) is 5.98. The second-order valence-corrected chi connectivity index (χ2v) is 4.15. The molecule has 0 aromatic heterocycles. The Bertz CT molecular complexity index is 374. The molecule has 0 aliphatic carbocycles. The summed E-state index contributed by atoms with van der Waals surface area (Å²) < 4.78 is 4.85. The number of nitrogens with two attached hydrogens (primary N) is 1. The van der Waals surface area contributed by atoms with Gasteiger partial charge in [-0.05, 0) is 30.7 Å². The summed E-state index contributed by atoms with van der Waals surface area (Å²) in [4.78, 5) is 11.4. The van der Waals surface area contributed by atoms with E-state index in [2.05, 4.69) is 10.6 Å². The molecule has 0 saturated heterocycles. The first kappa shape index (κ1) is 14.3. The van der Waals surface area contributed by atoms with Gasteiger partial charge in [0.15, 0.2) is 0 Å². The highest BCUT2D eigenvalue weighted by Crippen LogP contribution is 2.15. The number of anilines is 2. The van der Waals surface area contributed by atoms with Crippen LogP contribution in [0.1, 0.15) is 12.0 Å². The summed E-state index contributed by atoms with van der Waals surface area (Å²) in [5.74, 6) is 0.0141. The third-order valence-electron chi connectivity index (χ3n) is 2.41. The van der Waals surface area contributed by atoms with Crippen molar-refractivity contribution in [3.05, 3.63) is 23.8 Å². The molecule has 1 aromatic carbocycles. The van der Waals surface area contributed by atoms with Crippen LogP contribution in [0.15, 0.2) is 18.2 Å². The summed E-state index contributed by atoms with van der Waals surface area (Å²) >= 11 is 0. The van der Waals surface area contributed by atoms with Gasteiger partial charge in [0.05, 0.1) is 6.61 Å². The third kappa shape index (κ3) is 5.54. The molecule has 5 nitrogen and oxygen atoms in total. The van der Waals surface area contributed by atoms with E-state index in [1.54, 1.807) is 7.11 Å². The van der Waals surface area contributed by atoms with Crippen molar-refractivity contribution in [3.63, 3.8) is 0 Å². The number of aryl methyl sites for hydroxylation is 1. The van der Waals surface area contributed by atoms with Crippen molar-refractivity contribution in [2.75, 3.05) is 37.9 Å². The van der Waals surface area contributed by atoms with Crippen molar-refractivity contribution in [2.45, 2.75) is 13.3 Å². The molecule has 18 heavy (non-hydrogen) atoms. The van der Waals surface area contributed by atoms with E-state index >= 15 is 0 Å². The third-order valence-corrected chi connectivity index (χ3v) is 2.41. The maximum Gasteiger partial charge on any atom is 0.221 e. The second kappa shape index (κ2) is 7.55. The van der Waals surface area contributed by atoms with Crippen LogP contribution in [0.4, 0.5) is 11.4 Å². The second-order valence-electron chi connectivity index (χ2n) is 4.15. The maximum absolute atomic E-state index is 11.4. The molecule has 1 rings (SSSR count). The van der Waals surface area contributed by atoms with Crippen LogP contribution in [-0.4, -0.2) is 32.7 Å². The van der Waals surface area contributed by atoms with E-state index in [1.807, 2.05) is 25.1 Å². The highest BCUT2D eigenvalue weighted by Gasteiger charge is 2.01. The SMILES string of the molecule is COCCNC(=O)CCNc1cc(C)cc(N)c1. The summed E-state index contributed by atoms with van der Waals surface area (Å²) in [5, 5.41) is 5.94. The summed E-state index contributed by atoms with van der Waals surface area (Å²) in [6.07, 6.45) is 0.428. The van der Waals surface area contributed by atoms with Crippen molar-refractivity contribution in [1.82, 2.24) is 5.32 Å². The average molecular weight is 251 g/mol. The Morgan fingerprint density at radius 2 is 2.11 bits per heavy atom. The monoisotopic (exact) mass is 251 g/mol. The molecule has 0 unspecified atom stereocenters. The summed E-state index contributed by atoms with van der Waals surface area (Å²) in [7, 11) is 1.61. The fourth-order valence-corrected chi connectivity index (χ4v) is 1.62. The van der Waals surface area contributed by atoms with E-state index in [0.29, 0.717) is 26.1 Å². The molecule has 1 aromatic rings. The van der Waals surface area contributed by atoms with Gasteiger partial charge in [0.2, 0.25) is 5.91 Å². The molecule has 100 valence electrons. The van der Waals surface area contributed by atoms with Crippen LogP contribution in [0.2, 0.25) is 0 Å². The number of methoxy groups -OCH3 is 1. The van der Waals surface area contributed by atoms with Crippen molar-refractivity contribution in [2.24, 2.45) is 0 Å². The number of amides is 1. The van der Waals surface area contributed by atoms with E-state index in [-0.39, 0.29) is 5.91 Å². The minimum atomic E-state index is 0.0141. The van der Waals surface area contributed by atoms with Crippen LogP contribution in [0, 0.1) is 6.92 Å². The van der Waals surface area contributed by atoms with Gasteiger partial charge < -0.3 is 21.1 Å². The highest BCUT2D eigenvalue weighted by atomic mass is 16.5. The zero-order chi connectivity index (χ0) is 13.4. The molecule has 0 fully saturated rings. The number of hydrogen-bond donors (Lipinski definition) is 3. The lowest BCUT2D eigenvalue weighted by molar-refractivity contribution is -0.121. The first-order valence-electron chi connectivity index (χ1n) is 5.98. The van der Waals surface area contributed by atoms with Gasteiger partial charge in [0.25, 0.3) is 0 Å². The number of rotatable bonds is 7. The smallest absolute Gasteiger partial charge is 0.221 e. The molecule has 0 atom stereocenters. The van der Waals surface area contributed by atoms with Crippen LogP contribution in [0.25, 0.3) is 0 Å². The molecule has 1 amide bonds. The van der Waals surface area contributed by atoms with Crippen LogP contribution in [0.3, 0.4) is 0 Å². The Balaban J connectivity index is 2.26. The number of benzene rings is 1. The molecule has 0 aliphatic heterocycles. The van der Waals surface area contributed by atoms with Crippen LogP contribution >= 0.6 is 0 Å². The normalized spacial score (nSPS) is 10.1. The van der Waals surface area contributed by atoms with E-state index < -0.39 is 0 Å². The summed E-state index contributed by atoms with van der Waals surface area (Å²) in [6, 6.07) is 5.76. The zero-order valence-corrected chi connectivity index (χ0v) is 11.0. The predicted molar refractivity (Wildman–Crippen MR) is 73.6 cm³/mol. The Kier molecular flexibility index (Phi) is 6.00. The van der Waals surface area contributed by atoms with Gasteiger partial charge in [-0.25, -0.2) is 0 Å². The largest absolute Gasteiger partial charge is 0.399 e. The van der Waals surface area contributed by atoms with Crippen molar-refractivity contribution < 1.29 is 9.53 Å². The van der Waals surface area contributed by atoms with Gasteiger partial charge in [0.1, 0.15) is 0 Å². The number of nitrogens with one attached hydrogen (secondary N) is 2. The highest BCUT2D eigenvalue weighted by molar-refractivity contribution is 5.76. The van der Waals surface area contributed by atoms with E-state index in [9.17, 15) is 4.79 Å². The lowest BCUT2D eigenvalue weighted by Gasteiger charge is -2.09. The van der Waals surface area contributed by atoms with Gasteiger partial charge >= 0.3 is 0 Å². The number of nitrogen functional groups attached to an aromatic ring is 1. The topological polar surface area (TPSA) is 76.4 Å². The van der Waals surface area contributed by atoms with Gasteiger partial charge in [0, 0.05) is 38.0 Å². The Morgan fingerprint density at radius 3 is 2.78 bits per heavy atom. The van der Waals surface area contributed by atoms with E-state index in [1.165, 1.54) is 0 Å². The Labute approximate surface area is 108 Å². The van der Waals surface area contributed by atoms with Crippen molar-refractivity contribution in [1.29, 1.82) is 0 Å². The molecule has 5 heteroatoms.